The number of benzene rings is 2. The monoisotopic (exact) mass is 415 g/mol. The first-order valence-electron chi connectivity index (χ1n) is 7.33. The van der Waals surface area contributed by atoms with Gasteiger partial charge in [0.1, 0.15) is 5.82 Å². The van der Waals surface area contributed by atoms with Crippen LogP contribution in [0.4, 0.5) is 4.39 Å². The predicted molar refractivity (Wildman–Crippen MR) is 95.6 cm³/mol. The number of aromatic nitrogens is 2. The van der Waals surface area contributed by atoms with Crippen LogP contribution in [-0.2, 0) is 22.3 Å². The molecule has 0 saturated heterocycles. The maximum Gasteiger partial charge on any atom is 0.242 e. The molecule has 0 bridgehead atoms. The second-order valence-electron chi connectivity index (χ2n) is 5.30. The lowest BCUT2D eigenvalue weighted by molar-refractivity contribution is 0.376. The lowest BCUT2D eigenvalue weighted by Gasteiger charge is -2.07. The first kappa shape index (κ1) is 18.8. The van der Waals surface area contributed by atoms with Gasteiger partial charge in [0.05, 0.1) is 12.3 Å². The van der Waals surface area contributed by atoms with Gasteiger partial charge >= 0.3 is 0 Å². The molecule has 136 valence electrons. The van der Waals surface area contributed by atoms with E-state index in [9.17, 15) is 12.8 Å². The van der Waals surface area contributed by atoms with Gasteiger partial charge in [0, 0.05) is 21.2 Å². The molecule has 0 aliphatic rings. The van der Waals surface area contributed by atoms with Crippen LogP contribution in [0, 0.1) is 5.82 Å². The Morgan fingerprint density at radius 2 is 1.92 bits per heavy atom. The molecule has 0 spiro atoms. The van der Waals surface area contributed by atoms with E-state index in [2.05, 4.69) is 14.9 Å². The molecule has 0 aliphatic heterocycles. The minimum absolute atomic E-state index is 0.0383. The minimum atomic E-state index is -3.86. The Morgan fingerprint density at radius 1 is 1.15 bits per heavy atom. The number of nitrogens with one attached hydrogen (secondary N) is 1. The van der Waals surface area contributed by atoms with E-state index in [1.807, 2.05) is 0 Å². The van der Waals surface area contributed by atoms with Crippen LogP contribution in [0.15, 0.2) is 47.0 Å². The third-order valence-corrected chi connectivity index (χ3v) is 5.23. The fourth-order valence-electron chi connectivity index (χ4n) is 2.15. The molecule has 0 amide bonds. The van der Waals surface area contributed by atoms with Crippen LogP contribution in [-0.4, -0.2) is 18.6 Å². The standard InChI is InChI=1S/C16H12Cl2FN3O3S/c17-11-4-1-3-10(7-11)16-21-15(25-22-16)8-20-26(23,24)9-12-13(18)5-2-6-14(12)19/h1-7,20H,8-9H2. The zero-order valence-corrected chi connectivity index (χ0v) is 15.4. The molecule has 6 nitrogen and oxygen atoms in total. The maximum atomic E-state index is 13.7. The van der Waals surface area contributed by atoms with E-state index >= 15 is 0 Å². The zero-order chi connectivity index (χ0) is 18.7. The molecule has 0 radical (unpaired) electrons. The average molecular weight is 416 g/mol. The summed E-state index contributed by atoms with van der Waals surface area (Å²) in [7, 11) is -3.86. The highest BCUT2D eigenvalue weighted by molar-refractivity contribution is 7.88. The Labute approximate surface area is 159 Å². The van der Waals surface area contributed by atoms with Crippen molar-refractivity contribution >= 4 is 33.2 Å². The van der Waals surface area contributed by atoms with Crippen molar-refractivity contribution in [3.8, 4) is 11.4 Å². The Hall–Kier alpha value is -2.00. The molecule has 3 rings (SSSR count). The molecule has 3 aromatic rings. The van der Waals surface area contributed by atoms with Gasteiger partial charge in [-0.05, 0) is 24.3 Å². The van der Waals surface area contributed by atoms with E-state index in [-0.39, 0.29) is 28.8 Å². The van der Waals surface area contributed by atoms with Gasteiger partial charge in [-0.1, -0.05) is 46.6 Å². The molecule has 1 heterocycles. The van der Waals surface area contributed by atoms with Gasteiger partial charge in [-0.3, -0.25) is 0 Å². The SMILES string of the molecule is O=S(=O)(Cc1c(F)cccc1Cl)NCc1nc(-c2cccc(Cl)c2)no1. The zero-order valence-electron chi connectivity index (χ0n) is 13.1. The predicted octanol–water partition coefficient (Wildman–Crippen LogP) is 3.80. The second-order valence-corrected chi connectivity index (χ2v) is 7.95. The molecule has 0 aliphatic carbocycles. The van der Waals surface area contributed by atoms with E-state index < -0.39 is 21.6 Å². The summed E-state index contributed by atoms with van der Waals surface area (Å²) in [5.74, 6) is -0.959. The number of halogens is 3. The van der Waals surface area contributed by atoms with Gasteiger partial charge in [-0.15, -0.1) is 0 Å². The Morgan fingerprint density at radius 3 is 2.65 bits per heavy atom. The first-order chi connectivity index (χ1) is 12.3. The summed E-state index contributed by atoms with van der Waals surface area (Å²) in [6, 6.07) is 10.8. The van der Waals surface area contributed by atoms with Crippen LogP contribution in [0.25, 0.3) is 11.4 Å². The molecular formula is C16H12Cl2FN3O3S. The van der Waals surface area contributed by atoms with Crippen LogP contribution < -0.4 is 4.72 Å². The third-order valence-electron chi connectivity index (χ3n) is 3.39. The third kappa shape index (κ3) is 4.59. The minimum Gasteiger partial charge on any atom is -0.338 e. The molecule has 10 heteroatoms. The van der Waals surface area contributed by atoms with E-state index in [0.717, 1.165) is 6.07 Å². The van der Waals surface area contributed by atoms with Gasteiger partial charge in [0.25, 0.3) is 0 Å². The lowest BCUT2D eigenvalue weighted by atomic mass is 10.2. The fourth-order valence-corrected chi connectivity index (χ4v) is 3.77. The van der Waals surface area contributed by atoms with Crippen LogP contribution >= 0.6 is 23.2 Å². The van der Waals surface area contributed by atoms with E-state index in [1.54, 1.807) is 24.3 Å². The summed E-state index contributed by atoms with van der Waals surface area (Å²) in [4.78, 5) is 4.10. The van der Waals surface area contributed by atoms with Gasteiger partial charge in [-0.25, -0.2) is 17.5 Å². The van der Waals surface area contributed by atoms with E-state index in [0.29, 0.717) is 10.6 Å². The molecule has 26 heavy (non-hydrogen) atoms. The Bertz CT molecular complexity index is 1020. The van der Waals surface area contributed by atoms with Crippen molar-refractivity contribution in [1.29, 1.82) is 0 Å². The Balaban J connectivity index is 1.69. The lowest BCUT2D eigenvalue weighted by Crippen LogP contribution is -2.25. The maximum absolute atomic E-state index is 13.7. The summed E-state index contributed by atoms with van der Waals surface area (Å²) < 4.78 is 45.3. The summed E-state index contributed by atoms with van der Waals surface area (Å²) >= 11 is 11.8. The highest BCUT2D eigenvalue weighted by Gasteiger charge is 2.18. The number of nitrogens with zero attached hydrogens (tertiary/aromatic N) is 2. The van der Waals surface area contributed by atoms with Gasteiger partial charge in [0.15, 0.2) is 0 Å². The summed E-state index contributed by atoms with van der Waals surface area (Å²) in [6.45, 7) is -0.234. The van der Waals surface area contributed by atoms with Gasteiger partial charge < -0.3 is 4.52 Å². The van der Waals surface area contributed by atoms with Crippen LogP contribution in [0.3, 0.4) is 0 Å². The molecule has 0 atom stereocenters. The highest BCUT2D eigenvalue weighted by atomic mass is 35.5. The summed E-state index contributed by atoms with van der Waals surface area (Å²) in [5.41, 5.74) is 0.528. The quantitative estimate of drug-likeness (QED) is 0.661. The van der Waals surface area contributed by atoms with Crippen LogP contribution in [0.5, 0.6) is 0 Å². The molecule has 1 aromatic heterocycles. The highest BCUT2D eigenvalue weighted by Crippen LogP contribution is 2.22. The van der Waals surface area contributed by atoms with E-state index in [1.165, 1.54) is 12.1 Å². The van der Waals surface area contributed by atoms with Crippen LogP contribution in [0.1, 0.15) is 11.5 Å². The van der Waals surface area contributed by atoms with Crippen molar-refractivity contribution in [3.63, 3.8) is 0 Å². The van der Waals surface area contributed by atoms with Crippen molar-refractivity contribution in [2.24, 2.45) is 0 Å². The normalized spacial score (nSPS) is 11.7. The van der Waals surface area contributed by atoms with Crippen molar-refractivity contribution in [1.82, 2.24) is 14.9 Å². The molecule has 0 unspecified atom stereocenters. The average Bonchev–Trinajstić information content (AvgIpc) is 3.06. The molecular weight excluding hydrogens is 404 g/mol. The topological polar surface area (TPSA) is 85.1 Å². The number of hydrogen-bond donors (Lipinski definition) is 1. The van der Waals surface area contributed by atoms with Crippen molar-refractivity contribution in [2.45, 2.75) is 12.3 Å². The summed E-state index contributed by atoms with van der Waals surface area (Å²) in [6.07, 6.45) is 0. The number of sulfonamides is 1. The van der Waals surface area contributed by atoms with Gasteiger partial charge in [-0.2, -0.15) is 4.98 Å². The largest absolute Gasteiger partial charge is 0.338 e. The summed E-state index contributed by atoms with van der Waals surface area (Å²) in [5, 5.41) is 4.33. The molecule has 0 saturated carbocycles. The molecule has 0 fully saturated rings. The molecule has 2 aromatic carbocycles. The number of rotatable bonds is 6. The Kier molecular flexibility index (Phi) is 5.57. The van der Waals surface area contributed by atoms with Crippen LogP contribution in [0.2, 0.25) is 10.0 Å². The van der Waals surface area contributed by atoms with Crippen molar-refractivity contribution in [3.05, 3.63) is 69.8 Å². The molecule has 1 N–H and O–H groups in total. The second kappa shape index (κ2) is 7.71. The van der Waals surface area contributed by atoms with Crippen molar-refractivity contribution in [2.75, 3.05) is 0 Å². The fraction of sp³-hybridized carbons (Fsp3) is 0.125. The smallest absolute Gasteiger partial charge is 0.242 e. The van der Waals surface area contributed by atoms with Gasteiger partial charge in [0.2, 0.25) is 21.7 Å². The first-order valence-corrected chi connectivity index (χ1v) is 9.73. The van der Waals surface area contributed by atoms with E-state index in [4.69, 9.17) is 27.7 Å². The van der Waals surface area contributed by atoms with Crippen molar-refractivity contribution < 1.29 is 17.3 Å². The number of hydrogen-bond acceptors (Lipinski definition) is 5.